The Morgan fingerprint density at radius 1 is 0.949 bits per heavy atom. The molecule has 11 heteroatoms. The van der Waals surface area contributed by atoms with Crippen LogP contribution in [-0.2, 0) is 0 Å². The maximum absolute atomic E-state index is 12.7. The maximum Gasteiger partial charge on any atom is 0.401 e. The molecule has 0 radical (unpaired) electrons. The van der Waals surface area contributed by atoms with Gasteiger partial charge in [-0.3, -0.25) is 14.8 Å². The number of aromatic nitrogens is 3. The lowest BCUT2D eigenvalue weighted by Crippen LogP contribution is -2.34. The first kappa shape index (κ1) is 27.8. The van der Waals surface area contributed by atoms with Crippen molar-refractivity contribution in [3.8, 4) is 22.8 Å². The molecule has 0 atom stereocenters. The average Bonchev–Trinajstić information content (AvgIpc) is 2.95. The van der Waals surface area contributed by atoms with Gasteiger partial charge in [0.25, 0.3) is 0 Å². The number of Topliss-reactive ketones (excluding diaryl/α,β-unsaturated/α-hetero) is 1. The lowest BCUT2D eigenvalue weighted by atomic mass is 10.1. The molecule has 0 aliphatic carbocycles. The van der Waals surface area contributed by atoms with Crippen LogP contribution in [0.4, 0.5) is 24.5 Å². The van der Waals surface area contributed by atoms with E-state index in [1.807, 2.05) is 17.0 Å². The number of hydrogen-bond donors (Lipinski definition) is 1. The molecular weight excluding hydrogens is 511 g/mol. The van der Waals surface area contributed by atoms with Gasteiger partial charge in [-0.1, -0.05) is 6.92 Å². The second kappa shape index (κ2) is 12.1. The van der Waals surface area contributed by atoms with Crippen LogP contribution in [0.2, 0.25) is 0 Å². The molecule has 0 amide bonds. The molecule has 2 aromatic heterocycles. The summed E-state index contributed by atoms with van der Waals surface area (Å²) < 4.78 is 49.0. The van der Waals surface area contributed by atoms with Gasteiger partial charge in [-0.25, -0.2) is 4.98 Å². The zero-order chi connectivity index (χ0) is 28.0. The van der Waals surface area contributed by atoms with E-state index in [9.17, 15) is 18.0 Å². The van der Waals surface area contributed by atoms with Gasteiger partial charge in [0.15, 0.2) is 5.78 Å². The van der Waals surface area contributed by atoms with Gasteiger partial charge in [0.2, 0.25) is 0 Å². The van der Waals surface area contributed by atoms with Crippen LogP contribution in [0.1, 0.15) is 23.8 Å². The molecule has 4 rings (SSSR count). The summed E-state index contributed by atoms with van der Waals surface area (Å²) >= 11 is 0. The highest BCUT2D eigenvalue weighted by molar-refractivity contribution is 5.95. The lowest BCUT2D eigenvalue weighted by Gasteiger charge is -2.26. The van der Waals surface area contributed by atoms with Crippen LogP contribution < -0.4 is 19.7 Å². The topological polar surface area (TPSA) is 89.5 Å². The first-order valence-electron chi connectivity index (χ1n) is 12.2. The molecule has 1 N–H and O–H groups in total. The Bertz CT molecular complexity index is 1440. The lowest BCUT2D eigenvalue weighted by molar-refractivity contribution is -0.124. The van der Waals surface area contributed by atoms with Crippen LogP contribution in [0.25, 0.3) is 22.3 Å². The molecule has 0 unspecified atom stereocenters. The molecule has 0 aliphatic heterocycles. The number of anilines is 2. The Labute approximate surface area is 223 Å². The SMILES string of the molecule is CCC(=O)c1cc(-c2cnc3ccc(N(CCNCC(F)(F)F)c4cc(OC)cc(OC)c4)cc3n2)ccn1. The van der Waals surface area contributed by atoms with E-state index in [0.717, 1.165) is 0 Å². The molecule has 2 aromatic carbocycles. The Morgan fingerprint density at radius 2 is 1.69 bits per heavy atom. The van der Waals surface area contributed by atoms with Crippen molar-refractivity contribution < 1.29 is 27.4 Å². The molecule has 0 saturated heterocycles. The van der Waals surface area contributed by atoms with Crippen molar-refractivity contribution in [2.75, 3.05) is 38.8 Å². The normalized spacial score (nSPS) is 11.4. The maximum atomic E-state index is 12.7. The van der Waals surface area contributed by atoms with Gasteiger partial charge in [0.05, 0.1) is 43.7 Å². The zero-order valence-electron chi connectivity index (χ0n) is 21.7. The fraction of sp³-hybridized carbons (Fsp3) is 0.286. The van der Waals surface area contributed by atoms with Crippen LogP contribution in [0.3, 0.4) is 0 Å². The van der Waals surface area contributed by atoms with E-state index in [0.29, 0.717) is 57.3 Å². The summed E-state index contributed by atoms with van der Waals surface area (Å²) in [5, 5.41) is 2.45. The number of hydrogen-bond acceptors (Lipinski definition) is 8. The number of pyridine rings is 1. The summed E-state index contributed by atoms with van der Waals surface area (Å²) in [5.41, 5.74) is 4.19. The van der Waals surface area contributed by atoms with E-state index in [2.05, 4.69) is 15.3 Å². The minimum absolute atomic E-state index is 0.0635. The quantitative estimate of drug-likeness (QED) is 0.195. The molecule has 0 aliphatic rings. The van der Waals surface area contributed by atoms with E-state index in [4.69, 9.17) is 14.5 Å². The average molecular weight is 540 g/mol. The monoisotopic (exact) mass is 539 g/mol. The number of carbonyl (C=O) groups is 1. The van der Waals surface area contributed by atoms with Gasteiger partial charge in [-0.05, 0) is 30.3 Å². The number of alkyl halides is 3. The number of carbonyl (C=O) groups excluding carboxylic acids is 1. The van der Waals surface area contributed by atoms with E-state index >= 15 is 0 Å². The molecule has 39 heavy (non-hydrogen) atoms. The number of fused-ring (bicyclic) bond motifs is 1. The fourth-order valence-corrected chi connectivity index (χ4v) is 4.01. The molecule has 0 bridgehead atoms. The van der Waals surface area contributed by atoms with Crippen LogP contribution in [0.5, 0.6) is 11.5 Å². The van der Waals surface area contributed by atoms with Crippen LogP contribution in [0, 0.1) is 0 Å². The minimum atomic E-state index is -4.31. The molecule has 2 heterocycles. The van der Waals surface area contributed by atoms with E-state index < -0.39 is 12.7 Å². The number of nitrogens with one attached hydrogen (secondary N) is 1. The highest BCUT2D eigenvalue weighted by Crippen LogP contribution is 2.34. The van der Waals surface area contributed by atoms with Crippen molar-refractivity contribution in [1.82, 2.24) is 20.3 Å². The zero-order valence-corrected chi connectivity index (χ0v) is 21.7. The number of benzene rings is 2. The molecule has 0 fully saturated rings. The summed E-state index contributed by atoms with van der Waals surface area (Å²) in [6.07, 6.45) is -0.783. The third kappa shape index (κ3) is 6.99. The standard InChI is InChI=1S/C28H28F3N5O3/c1-4-27(37)25-11-18(7-8-33-25)26-16-34-23-6-5-19(14-24(23)35-26)36(10-9-32-17-28(29,30)31)20-12-21(38-2)15-22(13-20)39-3/h5-8,11-16,32H,4,9-10,17H2,1-3H3. The smallest absolute Gasteiger partial charge is 0.401 e. The van der Waals surface area contributed by atoms with Crippen molar-refractivity contribution in [1.29, 1.82) is 0 Å². The van der Waals surface area contributed by atoms with Gasteiger partial charge in [-0.15, -0.1) is 0 Å². The summed E-state index contributed by atoms with van der Waals surface area (Å²) in [6.45, 7) is 0.964. The predicted octanol–water partition coefficient (Wildman–Crippen LogP) is 5.59. The Kier molecular flexibility index (Phi) is 8.60. The van der Waals surface area contributed by atoms with Crippen molar-refractivity contribution in [3.63, 3.8) is 0 Å². The van der Waals surface area contributed by atoms with Crippen molar-refractivity contribution >= 4 is 28.2 Å². The third-order valence-corrected chi connectivity index (χ3v) is 5.99. The summed E-state index contributed by atoms with van der Waals surface area (Å²) in [7, 11) is 3.05. The van der Waals surface area contributed by atoms with Crippen molar-refractivity contribution in [2.24, 2.45) is 0 Å². The molecular formula is C28H28F3N5O3. The third-order valence-electron chi connectivity index (χ3n) is 5.99. The second-order valence-corrected chi connectivity index (χ2v) is 8.65. The van der Waals surface area contributed by atoms with Gasteiger partial charge in [-0.2, -0.15) is 13.2 Å². The van der Waals surface area contributed by atoms with Gasteiger partial charge in [0.1, 0.15) is 17.2 Å². The number of ether oxygens (including phenoxy) is 2. The molecule has 0 spiro atoms. The molecule has 4 aromatic rings. The Balaban J connectivity index is 1.73. The van der Waals surface area contributed by atoms with Crippen molar-refractivity contribution in [2.45, 2.75) is 19.5 Å². The second-order valence-electron chi connectivity index (χ2n) is 8.65. The predicted molar refractivity (Wildman–Crippen MR) is 143 cm³/mol. The highest BCUT2D eigenvalue weighted by Gasteiger charge is 2.26. The van der Waals surface area contributed by atoms with Gasteiger partial charge < -0.3 is 19.7 Å². The van der Waals surface area contributed by atoms with Gasteiger partial charge >= 0.3 is 6.18 Å². The summed E-state index contributed by atoms with van der Waals surface area (Å²) in [6, 6.07) is 14.2. The number of nitrogens with zero attached hydrogens (tertiary/aromatic N) is 4. The molecule has 204 valence electrons. The molecule has 8 nitrogen and oxygen atoms in total. The van der Waals surface area contributed by atoms with E-state index in [-0.39, 0.29) is 18.9 Å². The Morgan fingerprint density at radius 3 is 2.36 bits per heavy atom. The molecule has 0 saturated carbocycles. The Hall–Kier alpha value is -4.25. The first-order chi connectivity index (χ1) is 18.7. The first-order valence-corrected chi connectivity index (χ1v) is 12.2. The van der Waals surface area contributed by atoms with Crippen LogP contribution >= 0.6 is 0 Å². The fourth-order valence-electron chi connectivity index (χ4n) is 4.01. The minimum Gasteiger partial charge on any atom is -0.497 e. The number of ketones is 1. The number of rotatable bonds is 11. The van der Waals surface area contributed by atoms with Gasteiger partial charge in [0, 0.05) is 60.8 Å². The van der Waals surface area contributed by atoms with Crippen LogP contribution in [-0.4, -0.2) is 60.8 Å². The van der Waals surface area contributed by atoms with Crippen molar-refractivity contribution in [3.05, 3.63) is 66.6 Å². The number of methoxy groups -OCH3 is 2. The van der Waals surface area contributed by atoms with E-state index in [1.54, 1.807) is 55.7 Å². The van der Waals surface area contributed by atoms with Crippen LogP contribution in [0.15, 0.2) is 60.9 Å². The summed E-state index contributed by atoms with van der Waals surface area (Å²) in [5.74, 6) is 1.00. The largest absolute Gasteiger partial charge is 0.497 e. The summed E-state index contributed by atoms with van der Waals surface area (Å²) in [4.78, 5) is 27.4. The number of halogens is 3. The van der Waals surface area contributed by atoms with E-state index in [1.165, 1.54) is 14.2 Å². The highest BCUT2D eigenvalue weighted by atomic mass is 19.4.